The second-order valence-electron chi connectivity index (χ2n) is 8.89. The second-order valence-corrected chi connectivity index (χ2v) is 9.83. The first-order valence-electron chi connectivity index (χ1n) is 11.5. The van der Waals surface area contributed by atoms with E-state index in [0.29, 0.717) is 10.9 Å². The van der Waals surface area contributed by atoms with Crippen LogP contribution < -0.4 is 5.32 Å². The Labute approximate surface area is 199 Å². The third-order valence-electron chi connectivity index (χ3n) is 6.13. The molecule has 1 aromatic carbocycles. The lowest BCUT2D eigenvalue weighted by atomic mass is 9.94. The first-order valence-corrected chi connectivity index (χ1v) is 12.4. The van der Waals surface area contributed by atoms with E-state index in [2.05, 4.69) is 15.4 Å². The normalized spacial score (nSPS) is 18.2. The van der Waals surface area contributed by atoms with Crippen molar-refractivity contribution in [2.24, 2.45) is 12.0 Å². The number of hydrogen-bond acceptors (Lipinski definition) is 5. The number of thioether (sulfide) groups is 1. The summed E-state index contributed by atoms with van der Waals surface area (Å²) in [4.78, 5) is 32.5. The van der Waals surface area contributed by atoms with Gasteiger partial charge in [-0.1, -0.05) is 48.7 Å². The van der Waals surface area contributed by atoms with Gasteiger partial charge in [-0.25, -0.2) is 4.99 Å². The fraction of sp³-hybridized carbons (Fsp3) is 0.440. The van der Waals surface area contributed by atoms with Crippen LogP contribution in [0.15, 0.2) is 35.1 Å². The van der Waals surface area contributed by atoms with Crippen molar-refractivity contribution in [3.63, 3.8) is 0 Å². The van der Waals surface area contributed by atoms with Crippen LogP contribution in [-0.2, 0) is 16.6 Å². The van der Waals surface area contributed by atoms with E-state index in [-0.39, 0.29) is 23.6 Å². The Morgan fingerprint density at radius 1 is 1.21 bits per heavy atom. The highest BCUT2D eigenvalue weighted by molar-refractivity contribution is 8.14. The molecular formula is C25H31N5O2S. The zero-order chi connectivity index (χ0) is 23.5. The van der Waals surface area contributed by atoms with Crippen LogP contribution in [0.25, 0.3) is 6.08 Å². The van der Waals surface area contributed by atoms with Crippen molar-refractivity contribution < 1.29 is 9.59 Å². The van der Waals surface area contributed by atoms with Crippen molar-refractivity contribution in [2.45, 2.75) is 58.9 Å². The number of aromatic nitrogens is 2. The van der Waals surface area contributed by atoms with Gasteiger partial charge in [-0.3, -0.25) is 19.2 Å². The molecular weight excluding hydrogens is 434 g/mol. The van der Waals surface area contributed by atoms with Crippen LogP contribution in [-0.4, -0.2) is 43.5 Å². The first-order chi connectivity index (χ1) is 15.8. The molecule has 174 valence electrons. The molecule has 1 aliphatic carbocycles. The lowest BCUT2D eigenvalue weighted by molar-refractivity contribution is -0.124. The Kier molecular flexibility index (Phi) is 7.02. The molecule has 1 fully saturated rings. The largest absolute Gasteiger partial charge is 0.325 e. The topological polar surface area (TPSA) is 79.6 Å². The zero-order valence-electron chi connectivity index (χ0n) is 19.7. The molecule has 1 saturated carbocycles. The van der Waals surface area contributed by atoms with Crippen molar-refractivity contribution in [1.29, 1.82) is 0 Å². The van der Waals surface area contributed by atoms with Crippen LogP contribution in [0.3, 0.4) is 0 Å². The van der Waals surface area contributed by atoms with Crippen molar-refractivity contribution in [3.8, 4) is 0 Å². The number of rotatable bonds is 5. The van der Waals surface area contributed by atoms with Crippen molar-refractivity contribution in [1.82, 2.24) is 14.7 Å². The summed E-state index contributed by atoms with van der Waals surface area (Å²) in [6.45, 7) is 5.93. The fourth-order valence-electron chi connectivity index (χ4n) is 4.45. The molecule has 2 aliphatic rings. The Balaban J connectivity index is 1.52. The summed E-state index contributed by atoms with van der Waals surface area (Å²) < 4.78 is 1.73. The monoisotopic (exact) mass is 465 g/mol. The number of benzene rings is 1. The van der Waals surface area contributed by atoms with E-state index in [1.165, 1.54) is 18.2 Å². The second kappa shape index (κ2) is 9.95. The van der Waals surface area contributed by atoms with E-state index in [1.54, 1.807) is 4.68 Å². The SMILES string of the molecule is Cc1ccc(NC(=O)CSC2=NC(=Cc3cn(C)nc3C)C(=O)N2C2CCCCC2)c(C)c1. The smallest absolute Gasteiger partial charge is 0.278 e. The maximum absolute atomic E-state index is 13.4. The summed E-state index contributed by atoms with van der Waals surface area (Å²) in [5.74, 6) is 0.00986. The maximum atomic E-state index is 13.4. The van der Waals surface area contributed by atoms with E-state index >= 15 is 0 Å². The average Bonchev–Trinajstić information content (AvgIpc) is 3.27. The number of anilines is 1. The number of carbonyl (C=O) groups is 2. The summed E-state index contributed by atoms with van der Waals surface area (Å²) >= 11 is 1.33. The standard InChI is InChI=1S/C25H31N5O2S/c1-16-10-11-21(17(2)12-16)26-23(31)15-33-25-27-22(13-19-14-29(4)28-18(19)3)24(32)30(25)20-8-6-5-7-9-20/h10-14,20H,5-9,15H2,1-4H3,(H,26,31). The Hall–Kier alpha value is -2.87. The van der Waals surface area contributed by atoms with Crippen LogP contribution in [0, 0.1) is 20.8 Å². The quantitative estimate of drug-likeness (QED) is 0.655. The molecule has 4 rings (SSSR count). The molecule has 0 spiro atoms. The molecule has 1 aromatic heterocycles. The molecule has 8 heteroatoms. The van der Waals surface area contributed by atoms with E-state index in [4.69, 9.17) is 0 Å². The molecule has 0 unspecified atom stereocenters. The number of carbonyl (C=O) groups excluding carboxylic acids is 2. The Bertz CT molecular complexity index is 1130. The third kappa shape index (κ3) is 5.38. The molecule has 7 nitrogen and oxygen atoms in total. The number of aliphatic imine (C=N–C) groups is 1. The fourth-order valence-corrected chi connectivity index (χ4v) is 5.32. The zero-order valence-corrected chi connectivity index (χ0v) is 20.5. The lowest BCUT2D eigenvalue weighted by Crippen LogP contribution is -2.41. The number of nitrogens with zero attached hydrogens (tertiary/aromatic N) is 4. The van der Waals surface area contributed by atoms with Crippen LogP contribution in [0.2, 0.25) is 0 Å². The first kappa shape index (κ1) is 23.3. The van der Waals surface area contributed by atoms with Gasteiger partial charge in [0.1, 0.15) is 5.70 Å². The highest BCUT2D eigenvalue weighted by Crippen LogP contribution is 2.32. The molecule has 33 heavy (non-hydrogen) atoms. The number of nitrogens with one attached hydrogen (secondary N) is 1. The average molecular weight is 466 g/mol. The van der Waals surface area contributed by atoms with Gasteiger partial charge in [0.05, 0.1) is 11.4 Å². The molecule has 2 amide bonds. The summed E-state index contributed by atoms with van der Waals surface area (Å²) in [5, 5.41) is 7.96. The number of aryl methyl sites for hydroxylation is 4. The predicted molar refractivity (Wildman–Crippen MR) is 134 cm³/mol. The molecule has 0 bridgehead atoms. The molecule has 1 aliphatic heterocycles. The van der Waals surface area contributed by atoms with Gasteiger partial charge in [-0.15, -0.1) is 0 Å². The van der Waals surface area contributed by atoms with Gasteiger partial charge in [0, 0.05) is 30.5 Å². The minimum atomic E-state index is -0.105. The van der Waals surface area contributed by atoms with E-state index in [0.717, 1.165) is 53.8 Å². The minimum absolute atomic E-state index is 0.0811. The van der Waals surface area contributed by atoms with Crippen LogP contribution in [0.5, 0.6) is 0 Å². The molecule has 2 aromatic rings. The third-order valence-corrected chi connectivity index (χ3v) is 7.08. The predicted octanol–water partition coefficient (Wildman–Crippen LogP) is 4.59. The van der Waals surface area contributed by atoms with Crippen LogP contribution in [0.4, 0.5) is 5.69 Å². The van der Waals surface area contributed by atoms with E-state index in [9.17, 15) is 9.59 Å². The molecule has 1 N–H and O–H groups in total. The van der Waals surface area contributed by atoms with Crippen molar-refractivity contribution in [2.75, 3.05) is 11.1 Å². The molecule has 0 saturated heterocycles. The van der Waals surface area contributed by atoms with Gasteiger partial charge in [0.25, 0.3) is 5.91 Å². The minimum Gasteiger partial charge on any atom is -0.325 e. The highest BCUT2D eigenvalue weighted by atomic mass is 32.2. The highest BCUT2D eigenvalue weighted by Gasteiger charge is 2.36. The van der Waals surface area contributed by atoms with Gasteiger partial charge in [0.2, 0.25) is 5.91 Å². The lowest BCUT2D eigenvalue weighted by Gasteiger charge is -2.31. The van der Waals surface area contributed by atoms with Crippen LogP contribution in [0.1, 0.15) is 54.5 Å². The summed E-state index contributed by atoms with van der Waals surface area (Å²) in [6.07, 6.45) is 9.07. The Morgan fingerprint density at radius 2 is 1.97 bits per heavy atom. The van der Waals surface area contributed by atoms with E-state index < -0.39 is 0 Å². The number of amidine groups is 1. The van der Waals surface area contributed by atoms with Crippen molar-refractivity contribution in [3.05, 3.63) is 52.5 Å². The van der Waals surface area contributed by atoms with Gasteiger partial charge in [-0.2, -0.15) is 5.10 Å². The molecule has 2 heterocycles. The van der Waals surface area contributed by atoms with Crippen LogP contribution >= 0.6 is 11.8 Å². The van der Waals surface area contributed by atoms with Gasteiger partial charge in [-0.05, 0) is 51.3 Å². The van der Waals surface area contributed by atoms with Gasteiger partial charge < -0.3 is 5.32 Å². The number of hydrogen-bond donors (Lipinski definition) is 1. The van der Waals surface area contributed by atoms with Crippen molar-refractivity contribution >= 4 is 40.5 Å². The van der Waals surface area contributed by atoms with Gasteiger partial charge >= 0.3 is 0 Å². The summed E-state index contributed by atoms with van der Waals surface area (Å²) in [5.41, 5.74) is 5.15. The van der Waals surface area contributed by atoms with E-state index in [1.807, 2.05) is 63.2 Å². The van der Waals surface area contributed by atoms with Gasteiger partial charge in [0.15, 0.2) is 5.17 Å². The Morgan fingerprint density at radius 3 is 2.64 bits per heavy atom. The summed E-state index contributed by atoms with van der Waals surface area (Å²) in [7, 11) is 1.86. The molecule has 0 radical (unpaired) electrons. The molecule has 0 atom stereocenters. The number of amides is 2. The maximum Gasteiger partial charge on any atom is 0.278 e. The summed E-state index contributed by atoms with van der Waals surface area (Å²) in [6, 6.07) is 6.10.